The van der Waals surface area contributed by atoms with Crippen LogP contribution in [-0.4, -0.2) is 238 Å². The van der Waals surface area contributed by atoms with Gasteiger partial charge in [0.15, 0.2) is 17.5 Å². The molecule has 3 aromatic carbocycles. The highest BCUT2D eigenvalue weighted by Crippen LogP contribution is 2.56. The summed E-state index contributed by atoms with van der Waals surface area (Å²) in [7, 11) is 14.5. The Morgan fingerprint density at radius 3 is 1.03 bits per heavy atom. The number of nitrogens with one attached hydrogen (secondary N) is 6. The van der Waals surface area contributed by atoms with Crippen LogP contribution in [0.1, 0.15) is 172 Å². The predicted molar refractivity (Wildman–Crippen MR) is 442 cm³/mol. The molecule has 0 bridgehead atoms. The molecule has 18 rings (SSSR count). The van der Waals surface area contributed by atoms with Crippen molar-refractivity contribution in [1.82, 2.24) is 65.9 Å². The maximum Gasteiger partial charge on any atom is 0.265 e. The molecule has 6 aliphatic carbocycles. The number of anilines is 12. The number of carbonyl (C=O) groups excluding carboxylic acids is 6. The van der Waals surface area contributed by atoms with Crippen molar-refractivity contribution in [2.45, 2.75) is 165 Å². The van der Waals surface area contributed by atoms with E-state index in [-0.39, 0.29) is 57.7 Å². The maximum absolute atomic E-state index is 13.3. The first-order valence-electron chi connectivity index (χ1n) is 41.6. The fraction of sp³-hybridized carbons (Fsp3) is 0.571. The Kier molecular flexibility index (Phi) is 22.7. The number of rotatable bonds is 18. The van der Waals surface area contributed by atoms with Crippen LogP contribution in [0.5, 0.6) is 17.2 Å². The summed E-state index contributed by atoms with van der Waals surface area (Å²) >= 11 is 0. The Balaban J connectivity index is 0.000000130. The van der Waals surface area contributed by atoms with Gasteiger partial charge in [-0.3, -0.25) is 39.6 Å². The SMILES string of the molecule is COc1cc(C(=O)NC2CCN(C)CC2)ccc1Nc1ncc2c(n1)N(C1CCCC1)CC1(CC1)C(=O)N2C.COc1cc(C(=O)NN2CCCC2)ccc1Nc1ncc2c(n1)N(C1CCCC1)CC1(CC1)C(=O)N2C.COc1cc(C(=O)NN2CCN(C)CC2)ccc1Nc1ncc2c(n1)N(C1CCCC1)CC1(CC1)C(=O)N2C. The Hall–Kier alpha value is -10.2. The summed E-state index contributed by atoms with van der Waals surface area (Å²) in [6.07, 6.45) is 28.9. The van der Waals surface area contributed by atoms with Gasteiger partial charge >= 0.3 is 0 Å². The number of hydrogen-bond donors (Lipinski definition) is 6. The lowest BCUT2D eigenvalue weighted by Gasteiger charge is -2.32. The topological polar surface area (TPSA) is 312 Å². The molecule has 115 heavy (non-hydrogen) atoms. The highest BCUT2D eigenvalue weighted by Gasteiger charge is 2.58. The van der Waals surface area contributed by atoms with Crippen molar-refractivity contribution >= 4 is 105 Å². The molecule has 0 atom stereocenters. The number of carbonyl (C=O) groups is 6. The average Bonchev–Trinajstić information content (AvgIpc) is 1.59. The molecule has 3 aromatic heterocycles. The molecule has 0 radical (unpaired) electrons. The number of benzene rings is 3. The summed E-state index contributed by atoms with van der Waals surface area (Å²) in [5, 5.41) is 17.0. The van der Waals surface area contributed by atoms with Gasteiger partial charge in [-0.2, -0.15) is 15.0 Å². The number of amides is 6. The molecule has 31 nitrogen and oxygen atoms in total. The van der Waals surface area contributed by atoms with Crippen molar-refractivity contribution in [3.8, 4) is 17.2 Å². The van der Waals surface area contributed by atoms with Crippen LogP contribution in [0.4, 0.5) is 69.4 Å². The predicted octanol–water partition coefficient (Wildman–Crippen LogP) is 9.66. The lowest BCUT2D eigenvalue weighted by Crippen LogP contribution is -2.52. The smallest absolute Gasteiger partial charge is 0.265 e. The van der Waals surface area contributed by atoms with E-state index in [1.54, 1.807) is 91.0 Å². The zero-order valence-corrected chi connectivity index (χ0v) is 67.9. The van der Waals surface area contributed by atoms with Gasteiger partial charge in [0.2, 0.25) is 35.6 Å². The zero-order valence-electron chi connectivity index (χ0n) is 67.9. The lowest BCUT2D eigenvalue weighted by molar-refractivity contribution is -0.123. The van der Waals surface area contributed by atoms with Gasteiger partial charge < -0.3 is 74.7 Å². The van der Waals surface area contributed by atoms with E-state index < -0.39 is 0 Å². The summed E-state index contributed by atoms with van der Waals surface area (Å²) < 4.78 is 16.9. The minimum absolute atomic E-state index is 0.0930. The fourth-order valence-corrected chi connectivity index (χ4v) is 18.3. The number of ether oxygens (including phenoxy) is 3. The Bertz CT molecular complexity index is 4420. The molecule has 12 aliphatic rings. The molecule has 3 saturated heterocycles. The quantitative estimate of drug-likeness (QED) is 0.0466. The van der Waals surface area contributed by atoms with E-state index in [9.17, 15) is 28.8 Å². The second kappa shape index (κ2) is 33.2. The number of fused-ring (bicyclic) bond motifs is 3. The first-order valence-corrected chi connectivity index (χ1v) is 41.6. The van der Waals surface area contributed by atoms with Crippen LogP contribution >= 0.6 is 0 Å². The van der Waals surface area contributed by atoms with Gasteiger partial charge in [-0.05, 0) is 185 Å². The molecule has 31 heteroatoms. The van der Waals surface area contributed by atoms with Crippen molar-refractivity contribution in [1.29, 1.82) is 0 Å². The van der Waals surface area contributed by atoms with Crippen molar-refractivity contribution in [3.63, 3.8) is 0 Å². The van der Waals surface area contributed by atoms with Gasteiger partial charge in [0, 0.05) is 121 Å². The Morgan fingerprint density at radius 1 is 0.391 bits per heavy atom. The van der Waals surface area contributed by atoms with E-state index in [0.29, 0.717) is 107 Å². The summed E-state index contributed by atoms with van der Waals surface area (Å²) in [6.45, 7) is 9.27. The van der Waals surface area contributed by atoms with Crippen molar-refractivity contribution < 1.29 is 43.0 Å². The molecule has 9 heterocycles. The van der Waals surface area contributed by atoms with Crippen LogP contribution in [-0.2, 0) is 14.4 Å². The van der Waals surface area contributed by atoms with E-state index in [0.717, 1.165) is 190 Å². The minimum atomic E-state index is -0.296. The highest BCUT2D eigenvalue weighted by molar-refractivity contribution is 6.05. The Labute approximate surface area is 673 Å². The first-order chi connectivity index (χ1) is 55.7. The van der Waals surface area contributed by atoms with E-state index >= 15 is 0 Å². The fourth-order valence-electron chi connectivity index (χ4n) is 18.3. The number of piperazine rings is 1. The van der Waals surface area contributed by atoms with Crippen LogP contribution < -0.4 is 75.7 Å². The highest BCUT2D eigenvalue weighted by atomic mass is 16.5. The third-order valence-electron chi connectivity index (χ3n) is 26.0. The van der Waals surface area contributed by atoms with Crippen LogP contribution in [0.3, 0.4) is 0 Å². The lowest BCUT2D eigenvalue weighted by atomic mass is 10.0. The number of aromatic nitrogens is 6. The minimum Gasteiger partial charge on any atom is -0.495 e. The van der Waals surface area contributed by atoms with Crippen LogP contribution in [0, 0.1) is 16.2 Å². The molecule has 3 spiro atoms. The molecule has 6 aromatic rings. The summed E-state index contributed by atoms with van der Waals surface area (Å²) in [4.78, 5) is 124. The Morgan fingerprint density at radius 2 is 0.704 bits per heavy atom. The van der Waals surface area contributed by atoms with Gasteiger partial charge in [0.25, 0.3) is 17.7 Å². The van der Waals surface area contributed by atoms with Crippen LogP contribution in [0.2, 0.25) is 0 Å². The number of methoxy groups -OCH3 is 3. The third-order valence-corrected chi connectivity index (χ3v) is 26.0. The standard InChI is InChI=1S/C29H39N7O3.C28H38N8O3.C27H35N7O3/c1-34-14-10-20(11-15-34)31-26(37)19-8-9-22(24(16-19)39-3)32-28-30-17-23-25(33-28)36(21-6-4-5-7-21)18-29(12-13-29)27(38)35(23)2;1-33-12-14-35(15-13-33)32-25(37)19-8-9-21(23(16-19)39-3)30-27-29-17-22-24(31-27)36(20-6-4-5-7-20)18-28(10-11-28)26(38)34(22)2;1-32-21-16-28-26(30-23(21)34(19-7-3-4-8-19)17-27(11-12-27)25(32)36)29-20-10-9-18(15-22(20)37-2)24(35)31-33-13-5-6-14-33/h8-9,16-17,20-21H,4-7,10-15,18H2,1-3H3,(H,31,37)(H,30,32,33);8-9,16-17,20H,4-7,10-15,18H2,1-3H3,(H,32,37)(H,29,30,31);9-10,15-16,19H,3-8,11-14,17H2,1-2H3,(H,31,35)(H,28,29,30). The van der Waals surface area contributed by atoms with Crippen molar-refractivity contribution in [2.24, 2.45) is 16.2 Å². The van der Waals surface area contributed by atoms with Gasteiger partial charge in [0.05, 0.1) is 73.2 Å². The normalized spacial score (nSPS) is 21.4. The van der Waals surface area contributed by atoms with E-state index in [2.05, 4.69) is 85.7 Å². The van der Waals surface area contributed by atoms with Gasteiger partial charge in [-0.15, -0.1) is 0 Å². The first kappa shape index (κ1) is 78.6. The summed E-state index contributed by atoms with van der Waals surface area (Å²) in [5.41, 5.74) is 11.0. The molecular formula is C84H112N22O9. The number of nitrogens with zero attached hydrogens (tertiary/aromatic N) is 16. The molecule has 0 unspecified atom stereocenters. The molecular weight excluding hydrogens is 1460 g/mol. The number of hydrogen-bond acceptors (Lipinski definition) is 25. The monoisotopic (exact) mass is 1570 g/mol. The van der Waals surface area contributed by atoms with Gasteiger partial charge in [-0.1, -0.05) is 38.5 Å². The molecule has 6 N–H and O–H groups in total. The van der Waals surface area contributed by atoms with Gasteiger partial charge in [-0.25, -0.2) is 25.0 Å². The largest absolute Gasteiger partial charge is 0.495 e. The third kappa shape index (κ3) is 16.7. The van der Waals surface area contributed by atoms with Crippen molar-refractivity contribution in [3.05, 3.63) is 89.9 Å². The van der Waals surface area contributed by atoms with E-state index in [4.69, 9.17) is 29.2 Å². The second-order valence-electron chi connectivity index (χ2n) is 33.9. The van der Waals surface area contributed by atoms with Crippen molar-refractivity contribution in [2.75, 3.05) is 174 Å². The number of hydrazine groups is 2. The van der Waals surface area contributed by atoms with Crippen LogP contribution in [0.15, 0.2) is 73.2 Å². The number of likely N-dealkylation sites (N-methyl/N-ethyl adjacent to an activating group) is 1. The number of piperidine rings is 1. The molecule has 6 saturated carbocycles. The number of likely N-dealkylation sites (tertiary alicyclic amines) is 1. The van der Waals surface area contributed by atoms with Gasteiger partial charge in [0.1, 0.15) is 34.3 Å². The van der Waals surface area contributed by atoms with E-state index in [1.807, 2.05) is 49.4 Å². The molecule has 6 aliphatic heterocycles. The molecule has 6 amide bonds. The summed E-state index contributed by atoms with van der Waals surface area (Å²) in [5.74, 6) is 5.42. The average molecular weight is 1570 g/mol. The second-order valence-corrected chi connectivity index (χ2v) is 33.9. The van der Waals surface area contributed by atoms with Crippen LogP contribution in [0.25, 0.3) is 0 Å². The molecule has 9 fully saturated rings. The zero-order chi connectivity index (χ0) is 79.9. The summed E-state index contributed by atoms with van der Waals surface area (Å²) in [6, 6.07) is 17.4. The molecule has 612 valence electrons. The van der Waals surface area contributed by atoms with E-state index in [1.165, 1.54) is 38.5 Å². The maximum atomic E-state index is 13.3.